The lowest BCUT2D eigenvalue weighted by Gasteiger charge is -2.06. The fraction of sp³-hybridized carbons (Fsp3) is 0.154. The molecule has 6 heteroatoms. The summed E-state index contributed by atoms with van der Waals surface area (Å²) in [5.41, 5.74) is 1.19. The van der Waals surface area contributed by atoms with E-state index in [1.54, 1.807) is 37.4 Å². The molecule has 1 aromatic heterocycles. The lowest BCUT2D eigenvalue weighted by Crippen LogP contribution is -2.06. The van der Waals surface area contributed by atoms with Crippen molar-refractivity contribution in [2.24, 2.45) is 0 Å². The quantitative estimate of drug-likeness (QED) is 0.903. The zero-order chi connectivity index (χ0) is 13.8. The van der Waals surface area contributed by atoms with E-state index in [1.165, 1.54) is 7.11 Å². The second kappa shape index (κ2) is 5.34. The number of methoxy groups -OCH3 is 2. The fourth-order valence-electron chi connectivity index (χ4n) is 1.56. The Morgan fingerprint density at radius 3 is 2.58 bits per heavy atom. The standard InChI is InChI=1S/C13H12N2O4/c1-18-9-5-3-4-8(6-9)10-7-11(19-2)15-12(14-10)13(16)17/h3-7H,1-2H3,(H,16,17). The predicted octanol–water partition coefficient (Wildman–Crippen LogP) is 1.86. The zero-order valence-corrected chi connectivity index (χ0v) is 10.5. The van der Waals surface area contributed by atoms with Crippen LogP contribution in [-0.2, 0) is 0 Å². The predicted molar refractivity (Wildman–Crippen MR) is 67.5 cm³/mol. The first-order valence-electron chi connectivity index (χ1n) is 5.45. The molecule has 0 bridgehead atoms. The Bertz CT molecular complexity index is 613. The molecule has 0 fully saturated rings. The molecule has 2 aromatic rings. The van der Waals surface area contributed by atoms with Crippen LogP contribution in [0.25, 0.3) is 11.3 Å². The number of carboxylic acids is 1. The van der Waals surface area contributed by atoms with Crippen LogP contribution in [-0.4, -0.2) is 35.3 Å². The third-order valence-corrected chi connectivity index (χ3v) is 2.47. The van der Waals surface area contributed by atoms with Crippen molar-refractivity contribution in [3.05, 3.63) is 36.2 Å². The topological polar surface area (TPSA) is 81.5 Å². The minimum absolute atomic E-state index is 0.199. The van der Waals surface area contributed by atoms with Gasteiger partial charge in [0, 0.05) is 11.6 Å². The van der Waals surface area contributed by atoms with Crippen LogP contribution in [0.2, 0.25) is 0 Å². The Kier molecular flexibility index (Phi) is 3.61. The van der Waals surface area contributed by atoms with Gasteiger partial charge >= 0.3 is 5.97 Å². The van der Waals surface area contributed by atoms with Gasteiger partial charge < -0.3 is 14.6 Å². The molecule has 1 N–H and O–H groups in total. The summed E-state index contributed by atoms with van der Waals surface area (Å²) in [6.45, 7) is 0. The molecular weight excluding hydrogens is 248 g/mol. The molecule has 1 heterocycles. The molecule has 19 heavy (non-hydrogen) atoms. The monoisotopic (exact) mass is 260 g/mol. The number of hydrogen-bond acceptors (Lipinski definition) is 5. The second-order valence-corrected chi connectivity index (χ2v) is 3.66. The van der Waals surface area contributed by atoms with Gasteiger partial charge in [0.15, 0.2) is 0 Å². The van der Waals surface area contributed by atoms with Crippen LogP contribution in [0.15, 0.2) is 30.3 Å². The molecule has 0 radical (unpaired) electrons. The maximum Gasteiger partial charge on any atom is 0.374 e. The van der Waals surface area contributed by atoms with Crippen LogP contribution in [0, 0.1) is 0 Å². The molecule has 0 amide bonds. The van der Waals surface area contributed by atoms with Crippen LogP contribution in [0.4, 0.5) is 0 Å². The first-order chi connectivity index (χ1) is 9.13. The van der Waals surface area contributed by atoms with E-state index in [0.29, 0.717) is 11.4 Å². The SMILES string of the molecule is COc1cccc(-c2cc(OC)nc(C(=O)O)n2)c1. The molecule has 0 aliphatic heterocycles. The van der Waals surface area contributed by atoms with Crippen LogP contribution in [0.1, 0.15) is 10.6 Å². The second-order valence-electron chi connectivity index (χ2n) is 3.66. The van der Waals surface area contributed by atoms with E-state index in [0.717, 1.165) is 5.56 Å². The molecule has 0 saturated carbocycles. The van der Waals surface area contributed by atoms with Crippen molar-refractivity contribution < 1.29 is 19.4 Å². The third kappa shape index (κ3) is 2.79. The van der Waals surface area contributed by atoms with Crippen molar-refractivity contribution in [1.29, 1.82) is 0 Å². The van der Waals surface area contributed by atoms with Crippen LogP contribution in [0.5, 0.6) is 11.6 Å². The van der Waals surface area contributed by atoms with Crippen LogP contribution < -0.4 is 9.47 Å². The van der Waals surface area contributed by atoms with Gasteiger partial charge in [-0.3, -0.25) is 0 Å². The number of benzene rings is 1. The lowest BCUT2D eigenvalue weighted by molar-refractivity contribution is 0.0682. The summed E-state index contributed by atoms with van der Waals surface area (Å²) in [7, 11) is 2.98. The molecular formula is C13H12N2O4. The molecule has 0 saturated heterocycles. The number of hydrogen-bond donors (Lipinski definition) is 1. The summed E-state index contributed by atoms with van der Waals surface area (Å²) in [5, 5.41) is 8.97. The molecule has 0 atom stereocenters. The molecule has 0 unspecified atom stereocenters. The van der Waals surface area contributed by atoms with Crippen molar-refractivity contribution in [3.63, 3.8) is 0 Å². The molecule has 98 valence electrons. The first-order valence-corrected chi connectivity index (χ1v) is 5.45. The number of nitrogens with zero attached hydrogens (tertiary/aromatic N) is 2. The summed E-state index contributed by atoms with van der Waals surface area (Å²) in [4.78, 5) is 18.7. The van der Waals surface area contributed by atoms with Gasteiger partial charge in [0.1, 0.15) is 5.75 Å². The molecule has 0 aliphatic carbocycles. The van der Waals surface area contributed by atoms with Gasteiger partial charge in [-0.15, -0.1) is 0 Å². The molecule has 0 spiro atoms. The summed E-state index contributed by atoms with van der Waals surface area (Å²) >= 11 is 0. The van der Waals surface area contributed by atoms with Crippen molar-refractivity contribution in [1.82, 2.24) is 9.97 Å². The summed E-state index contributed by atoms with van der Waals surface area (Å²) in [6.07, 6.45) is 0. The van der Waals surface area contributed by atoms with Crippen molar-refractivity contribution >= 4 is 5.97 Å². The summed E-state index contributed by atoms with van der Waals surface area (Å²) < 4.78 is 10.1. The maximum atomic E-state index is 11.0. The third-order valence-electron chi connectivity index (χ3n) is 2.47. The van der Waals surface area contributed by atoms with E-state index in [9.17, 15) is 4.79 Å². The average molecular weight is 260 g/mol. The van der Waals surface area contributed by atoms with Gasteiger partial charge in [-0.25, -0.2) is 9.78 Å². The summed E-state index contributed by atoms with van der Waals surface area (Å²) in [5.74, 6) is -0.655. The van der Waals surface area contributed by atoms with Crippen LogP contribution >= 0.6 is 0 Å². The lowest BCUT2D eigenvalue weighted by atomic mass is 10.1. The van der Waals surface area contributed by atoms with Gasteiger partial charge in [-0.2, -0.15) is 4.98 Å². The molecule has 2 rings (SSSR count). The highest BCUT2D eigenvalue weighted by molar-refractivity contribution is 5.84. The van der Waals surface area contributed by atoms with Gasteiger partial charge in [0.2, 0.25) is 11.7 Å². The molecule has 1 aromatic carbocycles. The summed E-state index contributed by atoms with van der Waals surface area (Å²) in [6, 6.07) is 8.72. The Hall–Kier alpha value is -2.63. The van der Waals surface area contributed by atoms with E-state index in [2.05, 4.69) is 9.97 Å². The van der Waals surface area contributed by atoms with E-state index in [-0.39, 0.29) is 11.7 Å². The molecule has 6 nitrogen and oxygen atoms in total. The Morgan fingerprint density at radius 2 is 1.95 bits per heavy atom. The van der Waals surface area contributed by atoms with E-state index < -0.39 is 5.97 Å². The Morgan fingerprint density at radius 1 is 1.16 bits per heavy atom. The number of aromatic carboxylic acids is 1. The fourth-order valence-corrected chi connectivity index (χ4v) is 1.56. The number of rotatable bonds is 4. The Labute approximate surface area is 109 Å². The average Bonchev–Trinajstić information content (AvgIpc) is 2.46. The number of carbonyl (C=O) groups is 1. The molecule has 0 aliphatic rings. The van der Waals surface area contributed by atoms with Gasteiger partial charge in [0.05, 0.1) is 19.9 Å². The maximum absolute atomic E-state index is 11.0. The van der Waals surface area contributed by atoms with E-state index >= 15 is 0 Å². The van der Waals surface area contributed by atoms with Gasteiger partial charge in [-0.1, -0.05) is 12.1 Å². The highest BCUT2D eigenvalue weighted by Gasteiger charge is 2.12. The van der Waals surface area contributed by atoms with E-state index in [4.69, 9.17) is 14.6 Å². The highest BCUT2D eigenvalue weighted by atomic mass is 16.5. The van der Waals surface area contributed by atoms with Crippen LogP contribution in [0.3, 0.4) is 0 Å². The number of aromatic nitrogens is 2. The van der Waals surface area contributed by atoms with E-state index in [1.807, 2.05) is 0 Å². The number of ether oxygens (including phenoxy) is 2. The number of carboxylic acid groups (broad SMARTS) is 1. The van der Waals surface area contributed by atoms with Gasteiger partial charge in [0.25, 0.3) is 0 Å². The van der Waals surface area contributed by atoms with Crippen molar-refractivity contribution in [2.45, 2.75) is 0 Å². The minimum Gasteiger partial charge on any atom is -0.497 e. The normalized spacial score (nSPS) is 10.0. The first kappa shape index (κ1) is 12.8. The largest absolute Gasteiger partial charge is 0.497 e. The van der Waals surface area contributed by atoms with Crippen molar-refractivity contribution in [3.8, 4) is 22.9 Å². The zero-order valence-electron chi connectivity index (χ0n) is 10.5. The smallest absolute Gasteiger partial charge is 0.374 e. The van der Waals surface area contributed by atoms with Gasteiger partial charge in [-0.05, 0) is 12.1 Å². The Balaban J connectivity index is 2.53. The minimum atomic E-state index is -1.21. The van der Waals surface area contributed by atoms with Crippen molar-refractivity contribution in [2.75, 3.05) is 14.2 Å². The highest BCUT2D eigenvalue weighted by Crippen LogP contribution is 2.24.